The van der Waals surface area contributed by atoms with Crippen LogP contribution < -0.4 is 5.32 Å². The number of halogens is 2. The SMILES string of the molecule is CCCN(CC(=O)N(Cc1ccccc1)Cc1ccc(C)s1)C(=O)Nc1ccc(F)cc1F. The minimum Gasteiger partial charge on any atom is -0.332 e. The molecule has 0 unspecified atom stereocenters. The summed E-state index contributed by atoms with van der Waals surface area (Å²) < 4.78 is 27.2. The minimum atomic E-state index is -0.870. The Labute approximate surface area is 196 Å². The molecule has 5 nitrogen and oxygen atoms in total. The van der Waals surface area contributed by atoms with Gasteiger partial charge in [0.05, 0.1) is 12.2 Å². The Balaban J connectivity index is 1.75. The van der Waals surface area contributed by atoms with Crippen LogP contribution >= 0.6 is 11.3 Å². The molecule has 2 aromatic carbocycles. The molecule has 0 aliphatic heterocycles. The maximum Gasteiger partial charge on any atom is 0.322 e. The molecule has 0 spiro atoms. The van der Waals surface area contributed by atoms with Gasteiger partial charge in [0, 0.05) is 28.9 Å². The van der Waals surface area contributed by atoms with Crippen molar-refractivity contribution in [2.45, 2.75) is 33.4 Å². The van der Waals surface area contributed by atoms with E-state index in [1.54, 1.807) is 16.2 Å². The number of rotatable bonds is 9. The Bertz CT molecular complexity index is 1090. The topological polar surface area (TPSA) is 52.7 Å². The lowest BCUT2D eigenvalue weighted by atomic mass is 10.2. The summed E-state index contributed by atoms with van der Waals surface area (Å²) in [6.45, 7) is 4.90. The first-order chi connectivity index (χ1) is 15.9. The number of carbonyl (C=O) groups excluding carboxylic acids is 2. The Hall–Kier alpha value is -3.26. The summed E-state index contributed by atoms with van der Waals surface area (Å²) in [5.74, 6) is -1.82. The van der Waals surface area contributed by atoms with Gasteiger partial charge in [0.2, 0.25) is 5.91 Å². The van der Waals surface area contributed by atoms with Crippen molar-refractivity contribution in [3.63, 3.8) is 0 Å². The van der Waals surface area contributed by atoms with Crippen LogP contribution in [-0.4, -0.2) is 34.8 Å². The van der Waals surface area contributed by atoms with E-state index in [1.165, 1.54) is 4.90 Å². The van der Waals surface area contributed by atoms with Gasteiger partial charge >= 0.3 is 6.03 Å². The zero-order valence-electron chi connectivity index (χ0n) is 18.7. The summed E-state index contributed by atoms with van der Waals surface area (Å²) >= 11 is 1.62. The largest absolute Gasteiger partial charge is 0.332 e. The number of thiophene rings is 1. The second kappa shape index (κ2) is 11.6. The number of anilines is 1. The van der Waals surface area contributed by atoms with Crippen molar-refractivity contribution in [2.24, 2.45) is 0 Å². The van der Waals surface area contributed by atoms with Crippen molar-refractivity contribution in [3.05, 3.63) is 87.6 Å². The molecule has 0 fully saturated rings. The Kier molecular flexibility index (Phi) is 8.54. The first kappa shape index (κ1) is 24.4. The number of benzene rings is 2. The number of hydrogen-bond acceptors (Lipinski definition) is 3. The summed E-state index contributed by atoms with van der Waals surface area (Å²) in [5.41, 5.74) is 0.851. The third kappa shape index (κ3) is 7.12. The highest BCUT2D eigenvalue weighted by Crippen LogP contribution is 2.20. The number of carbonyl (C=O) groups is 2. The third-order valence-electron chi connectivity index (χ3n) is 4.99. The second-order valence-corrected chi connectivity index (χ2v) is 9.10. The molecule has 0 aliphatic carbocycles. The molecule has 0 aliphatic rings. The zero-order valence-corrected chi connectivity index (χ0v) is 19.5. The molecule has 3 aromatic rings. The number of amides is 3. The van der Waals surface area contributed by atoms with Crippen molar-refractivity contribution < 1.29 is 18.4 Å². The molecule has 33 heavy (non-hydrogen) atoms. The zero-order chi connectivity index (χ0) is 23.8. The van der Waals surface area contributed by atoms with Gasteiger partial charge in [-0.1, -0.05) is 37.3 Å². The molecular weight excluding hydrogens is 444 g/mol. The van der Waals surface area contributed by atoms with Gasteiger partial charge in [0.1, 0.15) is 18.2 Å². The minimum absolute atomic E-state index is 0.134. The number of urea groups is 1. The fourth-order valence-electron chi connectivity index (χ4n) is 3.36. The van der Waals surface area contributed by atoms with Crippen molar-refractivity contribution in [1.82, 2.24) is 9.80 Å². The standard InChI is InChI=1S/C25H27F2N3O2S/c1-3-13-29(25(32)28-23-12-10-20(26)14-22(23)27)17-24(31)30(15-19-7-5-4-6-8-19)16-21-11-9-18(2)33-21/h4-12,14H,3,13,15-17H2,1-2H3,(H,28,32). The lowest BCUT2D eigenvalue weighted by molar-refractivity contribution is -0.133. The predicted molar refractivity (Wildman–Crippen MR) is 127 cm³/mol. The lowest BCUT2D eigenvalue weighted by Gasteiger charge is -2.27. The molecule has 0 saturated heterocycles. The Morgan fingerprint density at radius 1 is 0.970 bits per heavy atom. The van der Waals surface area contributed by atoms with Crippen LogP contribution in [0.1, 0.15) is 28.7 Å². The van der Waals surface area contributed by atoms with Gasteiger partial charge in [0.15, 0.2) is 0 Å². The van der Waals surface area contributed by atoms with Gasteiger partial charge in [-0.15, -0.1) is 11.3 Å². The molecule has 3 rings (SSSR count). The fourth-order valence-corrected chi connectivity index (χ4v) is 4.27. The van der Waals surface area contributed by atoms with Gasteiger partial charge in [-0.25, -0.2) is 13.6 Å². The quantitative estimate of drug-likeness (QED) is 0.428. The van der Waals surface area contributed by atoms with E-state index in [9.17, 15) is 18.4 Å². The van der Waals surface area contributed by atoms with Crippen LogP contribution in [0.3, 0.4) is 0 Å². The van der Waals surface area contributed by atoms with Crippen LogP contribution in [0.15, 0.2) is 60.7 Å². The molecule has 0 saturated carbocycles. The van der Waals surface area contributed by atoms with Crippen LogP contribution in [0.25, 0.3) is 0 Å². The van der Waals surface area contributed by atoms with Gasteiger partial charge < -0.3 is 15.1 Å². The highest BCUT2D eigenvalue weighted by Gasteiger charge is 2.22. The van der Waals surface area contributed by atoms with E-state index in [0.29, 0.717) is 32.1 Å². The van der Waals surface area contributed by atoms with Gasteiger partial charge in [-0.05, 0) is 43.2 Å². The summed E-state index contributed by atoms with van der Waals surface area (Å²) in [6.07, 6.45) is 0.620. The summed E-state index contributed by atoms with van der Waals surface area (Å²) in [7, 11) is 0. The molecule has 1 heterocycles. The average Bonchev–Trinajstić information content (AvgIpc) is 3.20. The average molecular weight is 472 g/mol. The van der Waals surface area contributed by atoms with Gasteiger partial charge in [-0.2, -0.15) is 0 Å². The second-order valence-electron chi connectivity index (χ2n) is 7.72. The van der Waals surface area contributed by atoms with Crippen molar-refractivity contribution in [3.8, 4) is 0 Å². The first-order valence-electron chi connectivity index (χ1n) is 10.7. The maximum absolute atomic E-state index is 14.0. The third-order valence-corrected chi connectivity index (χ3v) is 5.98. The highest BCUT2D eigenvalue weighted by atomic mass is 32.1. The van der Waals surface area contributed by atoms with Crippen molar-refractivity contribution in [1.29, 1.82) is 0 Å². The highest BCUT2D eigenvalue weighted by molar-refractivity contribution is 7.11. The summed E-state index contributed by atoms with van der Waals surface area (Å²) in [5, 5.41) is 2.45. The van der Waals surface area contributed by atoms with E-state index in [4.69, 9.17) is 0 Å². The van der Waals surface area contributed by atoms with Crippen LogP contribution in [-0.2, 0) is 17.9 Å². The van der Waals surface area contributed by atoms with Crippen LogP contribution in [0, 0.1) is 18.6 Å². The number of nitrogens with zero attached hydrogens (tertiary/aromatic N) is 2. The van der Waals surface area contributed by atoms with Crippen LogP contribution in [0.4, 0.5) is 19.3 Å². The van der Waals surface area contributed by atoms with E-state index in [1.807, 2.05) is 56.3 Å². The molecule has 0 atom stereocenters. The monoisotopic (exact) mass is 471 g/mol. The smallest absolute Gasteiger partial charge is 0.322 e. The molecular formula is C25H27F2N3O2S. The van der Waals surface area contributed by atoms with E-state index in [-0.39, 0.29) is 18.1 Å². The van der Waals surface area contributed by atoms with Crippen LogP contribution in [0.2, 0.25) is 0 Å². The predicted octanol–water partition coefficient (Wildman–Crippen LogP) is 5.81. The van der Waals surface area contributed by atoms with E-state index < -0.39 is 17.7 Å². The van der Waals surface area contributed by atoms with Crippen LogP contribution in [0.5, 0.6) is 0 Å². The lowest BCUT2D eigenvalue weighted by Crippen LogP contribution is -2.44. The molecule has 1 N–H and O–H groups in total. The number of aryl methyl sites for hydroxylation is 1. The molecule has 174 valence electrons. The normalized spacial score (nSPS) is 10.7. The summed E-state index contributed by atoms with van der Waals surface area (Å²) in [6, 6.07) is 16.0. The van der Waals surface area contributed by atoms with Gasteiger partial charge in [-0.3, -0.25) is 4.79 Å². The molecule has 3 amide bonds. The molecule has 0 radical (unpaired) electrons. The first-order valence-corrected chi connectivity index (χ1v) is 11.6. The van der Waals surface area contributed by atoms with E-state index in [2.05, 4.69) is 5.32 Å². The Morgan fingerprint density at radius 3 is 2.36 bits per heavy atom. The maximum atomic E-state index is 14.0. The molecule has 0 bridgehead atoms. The fraction of sp³-hybridized carbons (Fsp3) is 0.280. The van der Waals surface area contributed by atoms with Crippen molar-refractivity contribution in [2.75, 3.05) is 18.4 Å². The number of hydrogen-bond donors (Lipinski definition) is 1. The Morgan fingerprint density at radius 2 is 1.73 bits per heavy atom. The van der Waals surface area contributed by atoms with E-state index in [0.717, 1.165) is 27.5 Å². The summed E-state index contributed by atoms with van der Waals surface area (Å²) in [4.78, 5) is 31.4. The van der Waals surface area contributed by atoms with Crippen molar-refractivity contribution >= 4 is 29.0 Å². The molecule has 1 aromatic heterocycles. The van der Waals surface area contributed by atoms with Gasteiger partial charge in [0.25, 0.3) is 0 Å². The number of nitrogens with one attached hydrogen (secondary N) is 1. The molecule has 8 heteroatoms. The van der Waals surface area contributed by atoms with E-state index >= 15 is 0 Å².